The number of nitrogens with one attached hydrogen (secondary N) is 3. The van der Waals surface area contributed by atoms with E-state index in [0.29, 0.717) is 25.6 Å². The van der Waals surface area contributed by atoms with Gasteiger partial charge in [-0.15, -0.1) is 24.0 Å². The Bertz CT molecular complexity index is 661. The monoisotopic (exact) mass is 527 g/mol. The fourth-order valence-corrected chi connectivity index (χ4v) is 3.72. The fourth-order valence-electron chi connectivity index (χ4n) is 3.11. The van der Waals surface area contributed by atoms with Crippen LogP contribution in [0.2, 0.25) is 0 Å². The summed E-state index contributed by atoms with van der Waals surface area (Å²) >= 11 is 0. The SMILES string of the molecule is CCNC(=NCC(c1ccco1)N1CCCCC1)NCCNS(=O)(=O)CC.I. The van der Waals surface area contributed by atoms with Crippen LogP contribution in [-0.4, -0.2) is 64.3 Å². The third kappa shape index (κ3) is 8.66. The van der Waals surface area contributed by atoms with Crippen LogP contribution in [0.1, 0.15) is 44.9 Å². The maximum atomic E-state index is 11.5. The molecule has 0 spiro atoms. The van der Waals surface area contributed by atoms with Gasteiger partial charge in [-0.1, -0.05) is 6.42 Å². The lowest BCUT2D eigenvalue weighted by molar-refractivity contribution is 0.150. The van der Waals surface area contributed by atoms with Crippen molar-refractivity contribution in [3.63, 3.8) is 0 Å². The fraction of sp³-hybridized carbons (Fsp3) is 0.722. The van der Waals surface area contributed by atoms with Crippen LogP contribution in [0.5, 0.6) is 0 Å². The van der Waals surface area contributed by atoms with E-state index >= 15 is 0 Å². The summed E-state index contributed by atoms with van der Waals surface area (Å²) in [6.45, 7) is 7.87. The average molecular weight is 527 g/mol. The van der Waals surface area contributed by atoms with E-state index in [0.717, 1.165) is 25.4 Å². The van der Waals surface area contributed by atoms with Gasteiger partial charge < -0.3 is 15.1 Å². The summed E-state index contributed by atoms with van der Waals surface area (Å²) < 4.78 is 31.2. The van der Waals surface area contributed by atoms with Gasteiger partial charge in [-0.3, -0.25) is 9.89 Å². The first-order valence-corrected chi connectivity index (χ1v) is 11.5. The molecule has 0 bridgehead atoms. The molecule has 1 saturated heterocycles. The smallest absolute Gasteiger partial charge is 0.211 e. The summed E-state index contributed by atoms with van der Waals surface area (Å²) in [5.41, 5.74) is 0. The lowest BCUT2D eigenvalue weighted by atomic mass is 10.1. The van der Waals surface area contributed by atoms with Gasteiger partial charge in [0.15, 0.2) is 5.96 Å². The zero-order valence-corrected chi connectivity index (χ0v) is 20.0. The van der Waals surface area contributed by atoms with Gasteiger partial charge in [0.1, 0.15) is 5.76 Å². The van der Waals surface area contributed by atoms with Crippen molar-refractivity contribution in [2.24, 2.45) is 4.99 Å². The minimum Gasteiger partial charge on any atom is -0.468 e. The number of sulfonamides is 1. The van der Waals surface area contributed by atoms with E-state index in [1.165, 1.54) is 19.3 Å². The first-order valence-electron chi connectivity index (χ1n) is 9.82. The van der Waals surface area contributed by atoms with Gasteiger partial charge in [-0.25, -0.2) is 13.1 Å². The maximum Gasteiger partial charge on any atom is 0.211 e. The molecule has 0 radical (unpaired) electrons. The molecule has 0 saturated carbocycles. The van der Waals surface area contributed by atoms with Crippen molar-refractivity contribution < 1.29 is 12.8 Å². The highest BCUT2D eigenvalue weighted by atomic mass is 127. The Morgan fingerprint density at radius 2 is 1.96 bits per heavy atom. The van der Waals surface area contributed by atoms with Crippen molar-refractivity contribution in [1.82, 2.24) is 20.3 Å². The molecule has 0 aliphatic carbocycles. The van der Waals surface area contributed by atoms with Gasteiger partial charge in [0.2, 0.25) is 10.0 Å². The molecule has 10 heteroatoms. The predicted molar refractivity (Wildman–Crippen MR) is 124 cm³/mol. The number of hydrogen-bond acceptors (Lipinski definition) is 5. The Morgan fingerprint density at radius 1 is 1.21 bits per heavy atom. The highest BCUT2D eigenvalue weighted by Gasteiger charge is 2.24. The van der Waals surface area contributed by atoms with E-state index in [1.54, 1.807) is 13.2 Å². The average Bonchev–Trinajstić information content (AvgIpc) is 3.20. The van der Waals surface area contributed by atoms with Gasteiger partial charge in [0, 0.05) is 19.6 Å². The van der Waals surface area contributed by atoms with Crippen LogP contribution in [0, 0.1) is 0 Å². The maximum absolute atomic E-state index is 11.5. The second kappa shape index (κ2) is 13.4. The van der Waals surface area contributed by atoms with E-state index in [9.17, 15) is 8.42 Å². The van der Waals surface area contributed by atoms with E-state index in [1.807, 2.05) is 19.1 Å². The van der Waals surface area contributed by atoms with E-state index < -0.39 is 10.0 Å². The van der Waals surface area contributed by atoms with Crippen LogP contribution in [0.3, 0.4) is 0 Å². The Kier molecular flexibility index (Phi) is 12.0. The van der Waals surface area contributed by atoms with Crippen molar-refractivity contribution >= 4 is 40.0 Å². The molecule has 162 valence electrons. The van der Waals surface area contributed by atoms with Crippen molar-refractivity contribution in [2.75, 3.05) is 45.0 Å². The van der Waals surface area contributed by atoms with Gasteiger partial charge in [0.25, 0.3) is 0 Å². The number of aliphatic imine (C=N–C) groups is 1. The summed E-state index contributed by atoms with van der Waals surface area (Å²) in [5, 5.41) is 6.39. The van der Waals surface area contributed by atoms with Gasteiger partial charge in [0.05, 0.1) is 24.6 Å². The summed E-state index contributed by atoms with van der Waals surface area (Å²) in [6, 6.07) is 4.04. The molecule has 0 aromatic carbocycles. The molecule has 0 amide bonds. The summed E-state index contributed by atoms with van der Waals surface area (Å²) in [7, 11) is -3.17. The minimum absolute atomic E-state index is 0. The molecular weight excluding hydrogens is 493 g/mol. The molecule has 8 nitrogen and oxygen atoms in total. The van der Waals surface area contributed by atoms with Crippen LogP contribution < -0.4 is 15.4 Å². The number of piperidine rings is 1. The van der Waals surface area contributed by atoms with Crippen LogP contribution >= 0.6 is 24.0 Å². The number of likely N-dealkylation sites (tertiary alicyclic amines) is 1. The van der Waals surface area contributed by atoms with Gasteiger partial charge >= 0.3 is 0 Å². The molecule has 1 aliphatic heterocycles. The second-order valence-electron chi connectivity index (χ2n) is 6.57. The molecule has 1 atom stereocenters. The quantitative estimate of drug-likeness (QED) is 0.186. The second-order valence-corrected chi connectivity index (χ2v) is 8.67. The van der Waals surface area contributed by atoms with E-state index in [4.69, 9.17) is 9.41 Å². The van der Waals surface area contributed by atoms with Crippen LogP contribution in [0.15, 0.2) is 27.8 Å². The molecule has 1 fully saturated rings. The number of furan rings is 1. The molecule has 1 aliphatic rings. The molecule has 1 aromatic rings. The first kappa shape index (κ1) is 25.2. The molecule has 1 unspecified atom stereocenters. The van der Waals surface area contributed by atoms with Crippen molar-refractivity contribution in [1.29, 1.82) is 0 Å². The molecule has 2 rings (SSSR count). The number of hydrogen-bond donors (Lipinski definition) is 3. The number of nitrogens with zero attached hydrogens (tertiary/aromatic N) is 2. The highest BCUT2D eigenvalue weighted by Crippen LogP contribution is 2.25. The lowest BCUT2D eigenvalue weighted by Gasteiger charge is -2.32. The largest absolute Gasteiger partial charge is 0.468 e. The summed E-state index contributed by atoms with van der Waals surface area (Å²) in [5.74, 6) is 1.70. The lowest BCUT2D eigenvalue weighted by Crippen LogP contribution is -2.42. The normalized spacial score (nSPS) is 17.0. The van der Waals surface area contributed by atoms with Crippen LogP contribution in [0.25, 0.3) is 0 Å². The van der Waals surface area contributed by atoms with Crippen LogP contribution in [-0.2, 0) is 10.0 Å². The summed E-state index contributed by atoms with van der Waals surface area (Å²) in [6.07, 6.45) is 5.40. The molecule has 1 aromatic heterocycles. The third-order valence-corrected chi connectivity index (χ3v) is 5.99. The van der Waals surface area contributed by atoms with E-state index in [-0.39, 0.29) is 35.8 Å². The number of rotatable bonds is 10. The molecule has 3 N–H and O–H groups in total. The first-order chi connectivity index (χ1) is 13.1. The topological polar surface area (TPSA) is 99.0 Å². The Labute approximate surface area is 186 Å². The van der Waals surface area contributed by atoms with Crippen molar-refractivity contribution in [2.45, 2.75) is 39.2 Å². The van der Waals surface area contributed by atoms with E-state index in [2.05, 4.69) is 20.3 Å². The number of halogens is 1. The zero-order valence-electron chi connectivity index (χ0n) is 16.8. The molecule has 28 heavy (non-hydrogen) atoms. The van der Waals surface area contributed by atoms with Crippen molar-refractivity contribution in [3.8, 4) is 0 Å². The van der Waals surface area contributed by atoms with Crippen molar-refractivity contribution in [3.05, 3.63) is 24.2 Å². The Balaban J connectivity index is 0.00000392. The zero-order chi connectivity index (χ0) is 19.5. The van der Waals surface area contributed by atoms with Crippen LogP contribution in [0.4, 0.5) is 0 Å². The summed E-state index contributed by atoms with van der Waals surface area (Å²) in [4.78, 5) is 7.15. The van der Waals surface area contributed by atoms with Gasteiger partial charge in [-0.2, -0.15) is 0 Å². The Hall–Kier alpha value is -0.850. The predicted octanol–water partition coefficient (Wildman–Crippen LogP) is 1.92. The molecule has 2 heterocycles. The minimum atomic E-state index is -3.17. The van der Waals surface area contributed by atoms with Gasteiger partial charge in [-0.05, 0) is 51.9 Å². The number of guanidine groups is 1. The standard InChI is InChI=1S/C18H33N5O3S.HI/c1-3-19-18(20-10-11-22-27(24,25)4-2)21-15-16(17-9-8-14-26-17)23-12-6-5-7-13-23;/h8-9,14,16,22H,3-7,10-13,15H2,1-2H3,(H2,19,20,21);1H. The molecular formula is C18H34IN5O3S. The Morgan fingerprint density at radius 3 is 2.57 bits per heavy atom. The third-order valence-electron chi connectivity index (χ3n) is 4.59. The highest BCUT2D eigenvalue weighted by molar-refractivity contribution is 14.0.